The van der Waals surface area contributed by atoms with E-state index in [9.17, 15) is 13.2 Å². The van der Waals surface area contributed by atoms with Gasteiger partial charge in [-0.15, -0.1) is 23.7 Å². The van der Waals surface area contributed by atoms with E-state index in [1.54, 1.807) is 10.3 Å². The van der Waals surface area contributed by atoms with Crippen LogP contribution in [-0.2, 0) is 10.0 Å². The van der Waals surface area contributed by atoms with Crippen LogP contribution in [-0.4, -0.2) is 64.3 Å². The molecule has 132 valence electrons. The fourth-order valence-electron chi connectivity index (χ4n) is 2.63. The van der Waals surface area contributed by atoms with Gasteiger partial charge in [0.1, 0.15) is 9.77 Å². The molecule has 1 aromatic rings. The Bertz CT molecular complexity index is 623. The first-order valence-electron chi connectivity index (χ1n) is 7.31. The molecule has 1 amide bonds. The number of likely N-dealkylation sites (tertiary alicyclic amines) is 1. The van der Waals surface area contributed by atoms with Crippen LogP contribution in [0.3, 0.4) is 0 Å². The van der Waals surface area contributed by atoms with Gasteiger partial charge in [0.25, 0.3) is 5.91 Å². The largest absolute Gasteiger partial charge is 0.338 e. The fourth-order valence-corrected chi connectivity index (χ4v) is 4.88. The Kier molecular flexibility index (Phi) is 7.47. The van der Waals surface area contributed by atoms with Crippen molar-refractivity contribution >= 4 is 39.7 Å². The minimum Gasteiger partial charge on any atom is -0.338 e. The zero-order valence-electron chi connectivity index (χ0n) is 13.6. The Hall–Kier alpha value is -0.670. The van der Waals surface area contributed by atoms with Crippen LogP contribution in [0.5, 0.6) is 0 Å². The molecular formula is C14H24ClN3O3S2. The van der Waals surface area contributed by atoms with Crippen LogP contribution in [0.1, 0.15) is 22.5 Å². The predicted octanol–water partition coefficient (Wildman–Crippen LogP) is 1.49. The number of thiophene rings is 1. The minimum absolute atomic E-state index is 0. The maximum absolute atomic E-state index is 12.7. The SMILES string of the molecule is CNCC1CCN(C(=O)c2sccc2S(=O)(=O)N(C)C)CC1.Cl. The predicted molar refractivity (Wildman–Crippen MR) is 95.0 cm³/mol. The van der Waals surface area contributed by atoms with Crippen LogP contribution in [0.15, 0.2) is 16.3 Å². The van der Waals surface area contributed by atoms with Gasteiger partial charge in [-0.1, -0.05) is 0 Å². The van der Waals surface area contributed by atoms with Gasteiger partial charge in [-0.3, -0.25) is 4.79 Å². The fraction of sp³-hybridized carbons (Fsp3) is 0.643. The highest BCUT2D eigenvalue weighted by Crippen LogP contribution is 2.27. The molecule has 1 saturated heterocycles. The molecule has 1 aliphatic rings. The number of carbonyl (C=O) groups excluding carboxylic acids is 1. The molecule has 0 aliphatic carbocycles. The first kappa shape index (κ1) is 20.4. The number of nitrogens with zero attached hydrogens (tertiary/aromatic N) is 2. The summed E-state index contributed by atoms with van der Waals surface area (Å²) in [6.45, 7) is 2.33. The zero-order valence-corrected chi connectivity index (χ0v) is 16.1. The summed E-state index contributed by atoms with van der Waals surface area (Å²) in [5, 5.41) is 4.83. The van der Waals surface area contributed by atoms with Crippen molar-refractivity contribution in [3.05, 3.63) is 16.3 Å². The van der Waals surface area contributed by atoms with E-state index in [0.29, 0.717) is 23.9 Å². The molecule has 9 heteroatoms. The standard InChI is InChI=1S/C14H23N3O3S2.ClH/c1-15-10-11-4-7-17(8-5-11)14(18)13-12(6-9-21-13)22(19,20)16(2)3;/h6,9,11,15H,4-5,7-8,10H2,1-3H3;1H. The summed E-state index contributed by atoms with van der Waals surface area (Å²) in [5.41, 5.74) is 0. The number of hydrogen-bond donors (Lipinski definition) is 1. The molecule has 6 nitrogen and oxygen atoms in total. The molecule has 0 spiro atoms. The molecule has 0 atom stereocenters. The Balaban J connectivity index is 0.00000264. The molecule has 1 aliphatic heterocycles. The number of halogens is 1. The van der Waals surface area contributed by atoms with Gasteiger partial charge in [0.05, 0.1) is 0 Å². The van der Waals surface area contributed by atoms with E-state index in [1.807, 2.05) is 7.05 Å². The first-order chi connectivity index (χ1) is 10.4. The lowest BCUT2D eigenvalue weighted by molar-refractivity contribution is 0.0692. The molecule has 1 N–H and O–H groups in total. The molecule has 0 unspecified atom stereocenters. The van der Waals surface area contributed by atoms with E-state index in [1.165, 1.54) is 31.5 Å². The Morgan fingerprint density at radius 2 is 2.00 bits per heavy atom. The number of piperidine rings is 1. The molecule has 0 aromatic carbocycles. The molecule has 0 radical (unpaired) electrons. The third-order valence-corrected chi connectivity index (χ3v) is 6.87. The number of nitrogens with one attached hydrogen (secondary N) is 1. The summed E-state index contributed by atoms with van der Waals surface area (Å²) < 4.78 is 25.7. The molecule has 23 heavy (non-hydrogen) atoms. The van der Waals surface area contributed by atoms with Crippen LogP contribution >= 0.6 is 23.7 Å². The van der Waals surface area contributed by atoms with E-state index in [2.05, 4.69) is 5.32 Å². The summed E-state index contributed by atoms with van der Waals surface area (Å²) >= 11 is 1.20. The lowest BCUT2D eigenvalue weighted by atomic mass is 9.97. The van der Waals surface area contributed by atoms with Crippen LogP contribution in [0.25, 0.3) is 0 Å². The second-order valence-corrected chi connectivity index (χ2v) is 8.73. The van der Waals surface area contributed by atoms with Crippen molar-refractivity contribution in [2.24, 2.45) is 5.92 Å². The van der Waals surface area contributed by atoms with Crippen LogP contribution in [0.4, 0.5) is 0 Å². The first-order valence-corrected chi connectivity index (χ1v) is 9.63. The molecule has 1 aromatic heterocycles. The lowest BCUT2D eigenvalue weighted by Gasteiger charge is -2.32. The van der Waals surface area contributed by atoms with Crippen molar-refractivity contribution in [2.45, 2.75) is 17.7 Å². The van der Waals surface area contributed by atoms with Crippen molar-refractivity contribution in [3.63, 3.8) is 0 Å². The molecule has 2 rings (SSSR count). The van der Waals surface area contributed by atoms with Gasteiger partial charge in [-0.05, 0) is 43.8 Å². The summed E-state index contributed by atoms with van der Waals surface area (Å²) in [6.07, 6.45) is 1.90. The van der Waals surface area contributed by atoms with Crippen molar-refractivity contribution < 1.29 is 13.2 Å². The molecule has 2 heterocycles. The van der Waals surface area contributed by atoms with Crippen LogP contribution in [0.2, 0.25) is 0 Å². The third-order valence-electron chi connectivity index (χ3n) is 3.98. The Morgan fingerprint density at radius 1 is 1.39 bits per heavy atom. The van der Waals surface area contributed by atoms with Crippen molar-refractivity contribution in [1.29, 1.82) is 0 Å². The monoisotopic (exact) mass is 381 g/mol. The summed E-state index contributed by atoms with van der Waals surface area (Å²) in [6, 6.07) is 1.51. The summed E-state index contributed by atoms with van der Waals surface area (Å²) in [4.78, 5) is 14.9. The molecular weight excluding hydrogens is 358 g/mol. The van der Waals surface area contributed by atoms with Gasteiger partial charge in [0.15, 0.2) is 0 Å². The second-order valence-electron chi connectivity index (χ2n) is 5.69. The molecule has 0 saturated carbocycles. The normalized spacial score (nSPS) is 16.4. The maximum Gasteiger partial charge on any atom is 0.265 e. The van der Waals surface area contributed by atoms with E-state index in [4.69, 9.17) is 0 Å². The number of rotatable bonds is 5. The highest BCUT2D eigenvalue weighted by molar-refractivity contribution is 7.89. The van der Waals surface area contributed by atoms with Crippen molar-refractivity contribution in [2.75, 3.05) is 40.8 Å². The van der Waals surface area contributed by atoms with E-state index < -0.39 is 10.0 Å². The number of sulfonamides is 1. The van der Waals surface area contributed by atoms with Crippen LogP contribution in [0, 0.1) is 5.92 Å². The van der Waals surface area contributed by atoms with Crippen molar-refractivity contribution in [3.8, 4) is 0 Å². The van der Waals surface area contributed by atoms with Crippen LogP contribution < -0.4 is 5.32 Å². The second kappa shape index (κ2) is 8.43. The van der Waals surface area contributed by atoms with E-state index >= 15 is 0 Å². The van der Waals surface area contributed by atoms with E-state index in [0.717, 1.165) is 23.7 Å². The third kappa shape index (κ3) is 4.45. The number of carbonyl (C=O) groups is 1. The van der Waals surface area contributed by atoms with Gasteiger partial charge < -0.3 is 10.2 Å². The summed E-state index contributed by atoms with van der Waals surface area (Å²) in [7, 11) is 1.30. The highest BCUT2D eigenvalue weighted by atomic mass is 35.5. The average molecular weight is 382 g/mol. The lowest BCUT2D eigenvalue weighted by Crippen LogP contribution is -2.40. The quantitative estimate of drug-likeness (QED) is 0.838. The zero-order chi connectivity index (χ0) is 16.3. The maximum atomic E-state index is 12.7. The molecule has 1 fully saturated rings. The van der Waals surface area contributed by atoms with Gasteiger partial charge in [-0.25, -0.2) is 12.7 Å². The van der Waals surface area contributed by atoms with Gasteiger partial charge in [0.2, 0.25) is 10.0 Å². The molecule has 0 bridgehead atoms. The minimum atomic E-state index is -3.58. The smallest absolute Gasteiger partial charge is 0.265 e. The highest BCUT2D eigenvalue weighted by Gasteiger charge is 2.30. The average Bonchev–Trinajstić information content (AvgIpc) is 2.97. The number of amides is 1. The van der Waals surface area contributed by atoms with E-state index in [-0.39, 0.29) is 23.2 Å². The summed E-state index contributed by atoms with van der Waals surface area (Å²) in [5.74, 6) is 0.417. The van der Waals surface area contributed by atoms with Gasteiger partial charge >= 0.3 is 0 Å². The Morgan fingerprint density at radius 3 is 2.52 bits per heavy atom. The van der Waals surface area contributed by atoms with Gasteiger partial charge in [-0.2, -0.15) is 0 Å². The number of hydrogen-bond acceptors (Lipinski definition) is 5. The Labute approximate surface area is 148 Å². The van der Waals surface area contributed by atoms with Crippen molar-refractivity contribution in [1.82, 2.24) is 14.5 Å². The topological polar surface area (TPSA) is 69.7 Å². The van der Waals surface area contributed by atoms with Gasteiger partial charge in [0, 0.05) is 27.2 Å².